The van der Waals surface area contributed by atoms with Gasteiger partial charge in [0.2, 0.25) is 0 Å². The number of ether oxygens (including phenoxy) is 1. The van der Waals surface area contributed by atoms with Crippen LogP contribution in [-0.4, -0.2) is 6.61 Å². The van der Waals surface area contributed by atoms with Gasteiger partial charge in [-0.15, -0.1) is 0 Å². The summed E-state index contributed by atoms with van der Waals surface area (Å²) >= 11 is 0. The Morgan fingerprint density at radius 2 is 2.00 bits per heavy atom. The molecule has 0 aliphatic heterocycles. The van der Waals surface area contributed by atoms with E-state index in [1.165, 1.54) is 6.08 Å². The molecule has 0 radical (unpaired) electrons. The summed E-state index contributed by atoms with van der Waals surface area (Å²) in [5.41, 5.74) is 0.871. The summed E-state index contributed by atoms with van der Waals surface area (Å²) < 4.78 is 4.75. The Labute approximate surface area is 121 Å². The third-order valence-electron chi connectivity index (χ3n) is 1.37. The summed E-state index contributed by atoms with van der Waals surface area (Å²) in [6.07, 6.45) is 1.48. The van der Waals surface area contributed by atoms with Gasteiger partial charge in [-0.05, 0) is 18.2 Å². The predicted molar refractivity (Wildman–Crippen MR) is 46.0 cm³/mol. The molecule has 0 aliphatic carbocycles. The normalized spacial score (nSPS) is 10.4. The van der Waals surface area contributed by atoms with Gasteiger partial charge in [0.15, 0.2) is 0 Å². The van der Waals surface area contributed by atoms with Crippen LogP contribution in [0.2, 0.25) is 0 Å². The van der Waals surface area contributed by atoms with Gasteiger partial charge in [0.25, 0.3) is 0 Å². The van der Waals surface area contributed by atoms with E-state index in [-0.39, 0.29) is 57.3 Å². The van der Waals surface area contributed by atoms with Crippen LogP contribution in [-0.2, 0) is 4.74 Å². The third-order valence-corrected chi connectivity index (χ3v) is 1.37. The summed E-state index contributed by atoms with van der Waals surface area (Å²) in [4.78, 5) is 0. The van der Waals surface area contributed by atoms with E-state index in [1.807, 2.05) is 30.3 Å². The molecule has 0 N–H and O–H groups in total. The van der Waals surface area contributed by atoms with Crippen molar-refractivity contribution in [2.75, 3.05) is 6.61 Å². The summed E-state index contributed by atoms with van der Waals surface area (Å²) in [7, 11) is 0. The van der Waals surface area contributed by atoms with Gasteiger partial charge in [-0.25, -0.2) is 0 Å². The zero-order valence-corrected chi connectivity index (χ0v) is 11.1. The zero-order valence-electron chi connectivity index (χ0n) is 7.99. The molecule has 1 rings (SSSR count). The van der Waals surface area contributed by atoms with E-state index in [0.29, 0.717) is 6.61 Å². The standard InChI is InChI=1S/C10H12O2.K/c1-2-12-10(11)8-9-6-4-3-5-7-9;/h3-8,11H,2H2,1H3;/q;+1/p-1/b10-8+;. The van der Waals surface area contributed by atoms with Crippen molar-refractivity contribution < 1.29 is 61.2 Å². The second kappa shape index (κ2) is 7.59. The van der Waals surface area contributed by atoms with Crippen LogP contribution < -0.4 is 56.5 Å². The predicted octanol–water partition coefficient (Wildman–Crippen LogP) is -1.61. The molecule has 0 unspecified atom stereocenters. The summed E-state index contributed by atoms with van der Waals surface area (Å²) in [5, 5.41) is 10.9. The van der Waals surface area contributed by atoms with Gasteiger partial charge in [0.05, 0.1) is 5.95 Å². The quantitative estimate of drug-likeness (QED) is 0.436. The SMILES string of the molecule is CCO/C([O-])=C/c1ccccc1.[K+]. The molecule has 0 fully saturated rings. The fraction of sp³-hybridized carbons (Fsp3) is 0.200. The van der Waals surface area contributed by atoms with Crippen molar-refractivity contribution in [3.05, 3.63) is 41.8 Å². The molecule has 0 saturated heterocycles. The second-order valence-electron chi connectivity index (χ2n) is 2.31. The Morgan fingerprint density at radius 1 is 1.38 bits per heavy atom. The van der Waals surface area contributed by atoms with E-state index >= 15 is 0 Å². The third kappa shape index (κ3) is 5.49. The maximum atomic E-state index is 10.9. The minimum atomic E-state index is -0.288. The molecular formula is C10H11KO2. The van der Waals surface area contributed by atoms with Crippen molar-refractivity contribution in [1.29, 1.82) is 0 Å². The number of hydrogen-bond acceptors (Lipinski definition) is 2. The van der Waals surface area contributed by atoms with Crippen molar-refractivity contribution >= 4 is 6.08 Å². The molecule has 0 aromatic heterocycles. The van der Waals surface area contributed by atoms with Gasteiger partial charge >= 0.3 is 51.4 Å². The van der Waals surface area contributed by atoms with E-state index in [4.69, 9.17) is 4.74 Å². The Hall–Kier alpha value is 0.196. The van der Waals surface area contributed by atoms with Crippen molar-refractivity contribution in [2.45, 2.75) is 6.92 Å². The summed E-state index contributed by atoms with van der Waals surface area (Å²) in [5.74, 6) is -0.288. The minimum absolute atomic E-state index is 0. The first-order valence-electron chi connectivity index (χ1n) is 3.89. The van der Waals surface area contributed by atoms with Crippen LogP contribution >= 0.6 is 0 Å². The van der Waals surface area contributed by atoms with E-state index in [1.54, 1.807) is 6.92 Å². The first-order valence-corrected chi connectivity index (χ1v) is 3.89. The molecule has 2 nitrogen and oxygen atoms in total. The molecule has 3 heteroatoms. The van der Waals surface area contributed by atoms with Crippen LogP contribution in [0.3, 0.4) is 0 Å². The number of benzene rings is 1. The number of rotatable bonds is 3. The van der Waals surface area contributed by atoms with Crippen molar-refractivity contribution in [2.24, 2.45) is 0 Å². The Morgan fingerprint density at radius 3 is 2.54 bits per heavy atom. The molecule has 0 amide bonds. The second-order valence-corrected chi connectivity index (χ2v) is 2.31. The molecule has 1 aromatic rings. The van der Waals surface area contributed by atoms with Crippen LogP contribution in [0.5, 0.6) is 0 Å². The van der Waals surface area contributed by atoms with Gasteiger partial charge in [0, 0.05) is 0 Å². The van der Waals surface area contributed by atoms with E-state index in [9.17, 15) is 5.11 Å². The molecular weight excluding hydrogens is 191 g/mol. The first kappa shape index (κ1) is 13.2. The zero-order chi connectivity index (χ0) is 8.81. The van der Waals surface area contributed by atoms with E-state index in [0.717, 1.165) is 5.56 Å². The van der Waals surface area contributed by atoms with Crippen LogP contribution in [0.4, 0.5) is 0 Å². The largest absolute Gasteiger partial charge is 1.00 e. The average molecular weight is 202 g/mol. The van der Waals surface area contributed by atoms with Crippen LogP contribution in [0.25, 0.3) is 6.08 Å². The topological polar surface area (TPSA) is 32.3 Å². The maximum Gasteiger partial charge on any atom is 1.00 e. The van der Waals surface area contributed by atoms with Crippen LogP contribution in [0.15, 0.2) is 36.3 Å². The molecule has 0 saturated carbocycles. The minimum Gasteiger partial charge on any atom is -0.614 e. The Balaban J connectivity index is 0.00000144. The fourth-order valence-electron chi connectivity index (χ4n) is 0.869. The van der Waals surface area contributed by atoms with Gasteiger partial charge in [-0.3, -0.25) is 0 Å². The molecule has 13 heavy (non-hydrogen) atoms. The Kier molecular flexibility index (Phi) is 7.70. The van der Waals surface area contributed by atoms with Gasteiger partial charge in [0.1, 0.15) is 0 Å². The van der Waals surface area contributed by atoms with Crippen LogP contribution in [0.1, 0.15) is 12.5 Å². The molecule has 1 aromatic carbocycles. The average Bonchev–Trinajstić information content (AvgIpc) is 2.06. The van der Waals surface area contributed by atoms with Gasteiger partial charge < -0.3 is 9.84 Å². The van der Waals surface area contributed by atoms with Crippen molar-refractivity contribution in [1.82, 2.24) is 0 Å². The molecule has 0 spiro atoms. The van der Waals surface area contributed by atoms with Crippen LogP contribution in [0, 0.1) is 0 Å². The molecule has 0 aliphatic rings. The van der Waals surface area contributed by atoms with Crippen molar-refractivity contribution in [3.8, 4) is 0 Å². The van der Waals surface area contributed by atoms with Crippen molar-refractivity contribution in [3.63, 3.8) is 0 Å². The number of hydrogen-bond donors (Lipinski definition) is 0. The smallest absolute Gasteiger partial charge is 0.614 e. The van der Waals surface area contributed by atoms with Gasteiger partial charge in [-0.2, -0.15) is 0 Å². The first-order chi connectivity index (χ1) is 5.83. The molecule has 0 bridgehead atoms. The van der Waals surface area contributed by atoms with E-state index < -0.39 is 0 Å². The summed E-state index contributed by atoms with van der Waals surface area (Å²) in [6, 6.07) is 9.38. The summed E-state index contributed by atoms with van der Waals surface area (Å²) in [6.45, 7) is 2.21. The fourth-order valence-corrected chi connectivity index (χ4v) is 0.869. The molecule has 0 atom stereocenters. The monoisotopic (exact) mass is 202 g/mol. The maximum absolute atomic E-state index is 10.9. The Bertz CT molecular complexity index is 257. The molecule has 64 valence electrons. The van der Waals surface area contributed by atoms with Gasteiger partial charge in [-0.1, -0.05) is 37.3 Å². The van der Waals surface area contributed by atoms with E-state index in [2.05, 4.69) is 0 Å². The molecule has 0 heterocycles.